The summed E-state index contributed by atoms with van der Waals surface area (Å²) in [6.07, 6.45) is 0. The maximum absolute atomic E-state index is 12.1. The predicted molar refractivity (Wildman–Crippen MR) is 69.0 cm³/mol. The Hall–Kier alpha value is -1.35. The van der Waals surface area contributed by atoms with Gasteiger partial charge in [-0.25, -0.2) is 0 Å². The van der Waals surface area contributed by atoms with E-state index in [4.69, 9.17) is 5.73 Å². The lowest BCUT2D eigenvalue weighted by molar-refractivity contribution is 0.0515. The summed E-state index contributed by atoms with van der Waals surface area (Å²) in [7, 11) is 0. The Morgan fingerprint density at radius 2 is 1.94 bits per heavy atom. The summed E-state index contributed by atoms with van der Waals surface area (Å²) in [5, 5.41) is 0. The van der Waals surface area contributed by atoms with E-state index in [2.05, 4.69) is 13.8 Å². The maximum atomic E-state index is 12.1. The van der Waals surface area contributed by atoms with E-state index in [1.54, 1.807) is 0 Å². The number of benzene rings is 1. The lowest BCUT2D eigenvalue weighted by Gasteiger charge is -2.38. The summed E-state index contributed by atoms with van der Waals surface area (Å²) in [5.41, 5.74) is 7.60. The number of nitrogens with two attached hydrogens (primary N) is 1. The third kappa shape index (κ3) is 2.50. The Morgan fingerprint density at radius 3 is 2.41 bits per heavy atom. The van der Waals surface area contributed by atoms with E-state index in [-0.39, 0.29) is 5.91 Å². The van der Waals surface area contributed by atoms with Crippen LogP contribution in [-0.2, 0) is 0 Å². The monoisotopic (exact) mass is 232 g/mol. The van der Waals surface area contributed by atoms with Crippen molar-refractivity contribution in [2.45, 2.75) is 19.8 Å². The van der Waals surface area contributed by atoms with Crippen LogP contribution in [0.15, 0.2) is 24.3 Å². The van der Waals surface area contributed by atoms with Crippen LogP contribution >= 0.6 is 0 Å². The van der Waals surface area contributed by atoms with Gasteiger partial charge < -0.3 is 10.6 Å². The molecule has 3 heteroatoms. The highest BCUT2D eigenvalue weighted by atomic mass is 16.2. The van der Waals surface area contributed by atoms with Crippen LogP contribution in [0.25, 0.3) is 0 Å². The average molecular weight is 232 g/mol. The fraction of sp³-hybridized carbons (Fsp3) is 0.500. The number of carbonyl (C=O) groups is 1. The summed E-state index contributed by atoms with van der Waals surface area (Å²) >= 11 is 0. The van der Waals surface area contributed by atoms with Gasteiger partial charge in [-0.3, -0.25) is 4.79 Å². The minimum absolute atomic E-state index is 0.130. The molecule has 1 aromatic carbocycles. The molecule has 1 aliphatic heterocycles. The van der Waals surface area contributed by atoms with E-state index < -0.39 is 0 Å². The number of carbonyl (C=O) groups excluding carboxylic acids is 1. The molecule has 1 saturated heterocycles. The second kappa shape index (κ2) is 4.88. The van der Waals surface area contributed by atoms with Crippen molar-refractivity contribution in [3.8, 4) is 0 Å². The highest BCUT2D eigenvalue weighted by Gasteiger charge is 2.29. The SMILES string of the molecule is CC(C)c1ccc(C(=O)N2CC(CN)C2)cc1. The fourth-order valence-electron chi connectivity index (χ4n) is 2.08. The zero-order chi connectivity index (χ0) is 12.4. The number of nitrogens with zero attached hydrogens (tertiary/aromatic N) is 1. The molecule has 1 aliphatic rings. The highest BCUT2D eigenvalue weighted by Crippen LogP contribution is 2.19. The first kappa shape index (κ1) is 12.1. The average Bonchev–Trinajstić information content (AvgIpc) is 2.27. The molecule has 2 N–H and O–H groups in total. The molecule has 0 bridgehead atoms. The third-order valence-electron chi connectivity index (χ3n) is 3.40. The Morgan fingerprint density at radius 1 is 1.35 bits per heavy atom. The maximum Gasteiger partial charge on any atom is 0.253 e. The highest BCUT2D eigenvalue weighted by molar-refractivity contribution is 5.94. The Labute approximate surface area is 103 Å². The Balaban J connectivity index is 2.01. The number of hydrogen-bond donors (Lipinski definition) is 1. The van der Waals surface area contributed by atoms with E-state index in [0.717, 1.165) is 18.7 Å². The lowest BCUT2D eigenvalue weighted by Crippen LogP contribution is -2.52. The number of amides is 1. The molecule has 1 fully saturated rings. The van der Waals surface area contributed by atoms with Gasteiger partial charge >= 0.3 is 0 Å². The van der Waals surface area contributed by atoms with E-state index in [9.17, 15) is 4.79 Å². The Bertz CT molecular complexity index is 391. The van der Waals surface area contributed by atoms with Crippen molar-refractivity contribution in [3.05, 3.63) is 35.4 Å². The molecule has 2 rings (SSSR count). The van der Waals surface area contributed by atoms with Gasteiger partial charge in [0.15, 0.2) is 0 Å². The number of hydrogen-bond acceptors (Lipinski definition) is 2. The standard InChI is InChI=1S/C14H20N2O/c1-10(2)12-3-5-13(6-4-12)14(17)16-8-11(7-15)9-16/h3-6,10-11H,7-9,15H2,1-2H3. The zero-order valence-corrected chi connectivity index (χ0v) is 10.5. The zero-order valence-electron chi connectivity index (χ0n) is 10.5. The van der Waals surface area contributed by atoms with Crippen molar-refractivity contribution in [1.29, 1.82) is 0 Å². The molecule has 0 aromatic heterocycles. The third-order valence-corrected chi connectivity index (χ3v) is 3.40. The molecule has 17 heavy (non-hydrogen) atoms. The van der Waals surface area contributed by atoms with Gasteiger partial charge in [-0.15, -0.1) is 0 Å². The van der Waals surface area contributed by atoms with Crippen LogP contribution in [0.1, 0.15) is 35.7 Å². The quantitative estimate of drug-likeness (QED) is 0.864. The fourth-order valence-corrected chi connectivity index (χ4v) is 2.08. The van der Waals surface area contributed by atoms with E-state index >= 15 is 0 Å². The minimum atomic E-state index is 0.130. The largest absolute Gasteiger partial charge is 0.338 e. The van der Waals surface area contributed by atoms with Gasteiger partial charge in [-0.05, 0) is 30.2 Å². The van der Waals surface area contributed by atoms with Crippen LogP contribution < -0.4 is 5.73 Å². The van der Waals surface area contributed by atoms with Crippen LogP contribution in [0.4, 0.5) is 0 Å². The van der Waals surface area contributed by atoms with Crippen molar-refractivity contribution in [3.63, 3.8) is 0 Å². The second-order valence-corrected chi connectivity index (χ2v) is 5.09. The smallest absolute Gasteiger partial charge is 0.253 e. The summed E-state index contributed by atoms with van der Waals surface area (Å²) in [6.45, 7) is 6.59. The predicted octanol–water partition coefficient (Wildman–Crippen LogP) is 1.84. The van der Waals surface area contributed by atoms with Gasteiger partial charge in [0.05, 0.1) is 0 Å². The Kier molecular flexibility index (Phi) is 3.48. The molecule has 0 radical (unpaired) electrons. The molecule has 0 aliphatic carbocycles. The molecule has 0 unspecified atom stereocenters. The molecular formula is C14H20N2O. The molecule has 1 aromatic rings. The van der Waals surface area contributed by atoms with Crippen molar-refractivity contribution in [2.24, 2.45) is 11.7 Å². The van der Waals surface area contributed by atoms with E-state index in [1.807, 2.05) is 29.2 Å². The number of likely N-dealkylation sites (tertiary alicyclic amines) is 1. The van der Waals surface area contributed by atoms with Crippen molar-refractivity contribution in [2.75, 3.05) is 19.6 Å². The van der Waals surface area contributed by atoms with Crippen molar-refractivity contribution < 1.29 is 4.79 Å². The van der Waals surface area contributed by atoms with Crippen LogP contribution in [0.3, 0.4) is 0 Å². The first-order chi connectivity index (χ1) is 8.11. The molecule has 92 valence electrons. The van der Waals surface area contributed by atoms with Gasteiger partial charge in [0.1, 0.15) is 0 Å². The molecule has 0 saturated carbocycles. The second-order valence-electron chi connectivity index (χ2n) is 5.09. The van der Waals surface area contributed by atoms with Crippen LogP contribution in [-0.4, -0.2) is 30.4 Å². The molecule has 0 spiro atoms. The molecule has 0 atom stereocenters. The summed E-state index contributed by atoms with van der Waals surface area (Å²) in [5.74, 6) is 1.13. The molecule has 1 amide bonds. The first-order valence-electron chi connectivity index (χ1n) is 6.21. The summed E-state index contributed by atoms with van der Waals surface area (Å²) in [6, 6.07) is 7.93. The van der Waals surface area contributed by atoms with Crippen molar-refractivity contribution >= 4 is 5.91 Å². The molecule has 3 nitrogen and oxygen atoms in total. The molecular weight excluding hydrogens is 212 g/mol. The van der Waals surface area contributed by atoms with Gasteiger partial charge in [-0.2, -0.15) is 0 Å². The summed E-state index contributed by atoms with van der Waals surface area (Å²) in [4.78, 5) is 13.9. The van der Waals surface area contributed by atoms with Crippen LogP contribution in [0.2, 0.25) is 0 Å². The lowest BCUT2D eigenvalue weighted by atomic mass is 9.97. The van der Waals surface area contributed by atoms with Gasteiger partial charge in [0.2, 0.25) is 0 Å². The van der Waals surface area contributed by atoms with Crippen molar-refractivity contribution in [1.82, 2.24) is 4.90 Å². The van der Waals surface area contributed by atoms with Gasteiger partial charge in [0.25, 0.3) is 5.91 Å². The normalized spacial score (nSPS) is 16.1. The van der Waals surface area contributed by atoms with Gasteiger partial charge in [0, 0.05) is 24.6 Å². The van der Waals surface area contributed by atoms with Crippen LogP contribution in [0.5, 0.6) is 0 Å². The van der Waals surface area contributed by atoms with Crippen LogP contribution in [0, 0.1) is 5.92 Å². The topological polar surface area (TPSA) is 46.3 Å². The summed E-state index contributed by atoms with van der Waals surface area (Å²) < 4.78 is 0. The van der Waals surface area contributed by atoms with E-state index in [1.165, 1.54) is 5.56 Å². The van der Waals surface area contributed by atoms with E-state index in [0.29, 0.717) is 18.4 Å². The molecule has 1 heterocycles. The number of rotatable bonds is 3. The van der Waals surface area contributed by atoms with Gasteiger partial charge in [-0.1, -0.05) is 26.0 Å². The first-order valence-corrected chi connectivity index (χ1v) is 6.21. The minimum Gasteiger partial charge on any atom is -0.338 e.